The van der Waals surface area contributed by atoms with E-state index in [4.69, 9.17) is 16.0 Å². The smallest absolute Gasteiger partial charge is 0.298 e. The summed E-state index contributed by atoms with van der Waals surface area (Å²) in [7, 11) is -0.354. The number of aromatic nitrogens is 1. The first-order chi connectivity index (χ1) is 12.3. The van der Waals surface area contributed by atoms with Crippen LogP contribution in [0.1, 0.15) is 48.1 Å². The van der Waals surface area contributed by atoms with Crippen LogP contribution in [0.2, 0.25) is 23.2 Å². The van der Waals surface area contributed by atoms with Crippen LogP contribution in [-0.4, -0.2) is 24.6 Å². The maximum atomic E-state index is 12.9. The van der Waals surface area contributed by atoms with Crippen molar-refractivity contribution < 1.29 is 14.0 Å². The van der Waals surface area contributed by atoms with Gasteiger partial charge in [0.05, 0.1) is 12.1 Å². The fraction of sp³-hybridized carbons (Fsp3) is 0.429. The van der Waals surface area contributed by atoms with Crippen molar-refractivity contribution in [3.63, 3.8) is 0 Å². The third kappa shape index (κ3) is 4.71. The highest BCUT2D eigenvalue weighted by Crippen LogP contribution is 2.36. The zero-order valence-corrected chi connectivity index (χ0v) is 18.9. The van der Waals surface area contributed by atoms with E-state index in [9.17, 15) is 9.59 Å². The molecule has 0 bridgehead atoms. The molecule has 2 aromatic rings. The van der Waals surface area contributed by atoms with E-state index in [2.05, 4.69) is 33.9 Å². The quantitative estimate of drug-likeness (QED) is 0.500. The van der Waals surface area contributed by atoms with E-state index in [1.54, 1.807) is 28.8 Å². The number of nitrogens with zero attached hydrogens (tertiary/aromatic N) is 1. The molecule has 1 aromatic carbocycles. The molecule has 1 aromatic heterocycles. The zero-order valence-electron chi connectivity index (χ0n) is 17.1. The van der Waals surface area contributed by atoms with Gasteiger partial charge in [-0.05, 0) is 61.0 Å². The molecule has 27 heavy (non-hydrogen) atoms. The molecule has 0 amide bonds. The van der Waals surface area contributed by atoms with E-state index in [-0.39, 0.29) is 23.2 Å². The predicted molar refractivity (Wildman–Crippen MR) is 112 cm³/mol. The molecule has 0 saturated carbocycles. The molecule has 0 spiro atoms. The fourth-order valence-electron chi connectivity index (χ4n) is 2.68. The SMILES string of the molecule is Cc1cc(CC(=O)O[Si](C)(C)C(C)(C)C)n(C)c1C(=O)c1ccc(Cl)cc1. The summed E-state index contributed by atoms with van der Waals surface area (Å²) in [5, 5.41) is 0.548. The topological polar surface area (TPSA) is 48.3 Å². The Labute approximate surface area is 167 Å². The van der Waals surface area contributed by atoms with Gasteiger partial charge in [0.2, 0.25) is 5.78 Å². The summed E-state index contributed by atoms with van der Waals surface area (Å²) >= 11 is 5.91. The molecule has 1 heterocycles. The van der Waals surface area contributed by atoms with Gasteiger partial charge in [-0.15, -0.1) is 0 Å². The van der Waals surface area contributed by atoms with Crippen LogP contribution in [0.3, 0.4) is 0 Å². The van der Waals surface area contributed by atoms with Gasteiger partial charge in [0, 0.05) is 23.3 Å². The average molecular weight is 406 g/mol. The molecule has 0 aliphatic carbocycles. The molecule has 146 valence electrons. The summed E-state index contributed by atoms with van der Waals surface area (Å²) in [5.74, 6) is -0.330. The van der Waals surface area contributed by atoms with Crippen LogP contribution in [0.5, 0.6) is 0 Å². The summed E-state index contributed by atoms with van der Waals surface area (Å²) in [6.45, 7) is 12.3. The van der Waals surface area contributed by atoms with Gasteiger partial charge >= 0.3 is 0 Å². The van der Waals surface area contributed by atoms with Crippen LogP contribution in [-0.2, 0) is 22.7 Å². The lowest BCUT2D eigenvalue weighted by molar-refractivity contribution is -0.134. The minimum absolute atomic E-state index is 0.0392. The van der Waals surface area contributed by atoms with Gasteiger partial charge in [0.25, 0.3) is 14.3 Å². The minimum atomic E-state index is -2.16. The maximum Gasteiger partial charge on any atom is 0.298 e. The van der Waals surface area contributed by atoms with E-state index >= 15 is 0 Å². The Balaban J connectivity index is 2.24. The number of halogens is 1. The molecule has 4 nitrogen and oxygen atoms in total. The summed E-state index contributed by atoms with van der Waals surface area (Å²) < 4.78 is 7.65. The van der Waals surface area contributed by atoms with Gasteiger partial charge in [-0.2, -0.15) is 0 Å². The number of rotatable bonds is 5. The van der Waals surface area contributed by atoms with Gasteiger partial charge in [-0.1, -0.05) is 32.4 Å². The van der Waals surface area contributed by atoms with Crippen molar-refractivity contribution in [2.24, 2.45) is 7.05 Å². The first-order valence-electron chi connectivity index (χ1n) is 9.01. The molecule has 0 aliphatic rings. The molecule has 0 unspecified atom stereocenters. The van der Waals surface area contributed by atoms with Gasteiger partial charge < -0.3 is 8.99 Å². The van der Waals surface area contributed by atoms with Crippen LogP contribution in [0.25, 0.3) is 0 Å². The Morgan fingerprint density at radius 1 is 1.15 bits per heavy atom. The van der Waals surface area contributed by atoms with Gasteiger partial charge in [-0.25, -0.2) is 0 Å². The van der Waals surface area contributed by atoms with Crippen molar-refractivity contribution in [1.29, 1.82) is 0 Å². The molecule has 0 N–H and O–H groups in total. The lowest BCUT2D eigenvalue weighted by Crippen LogP contribution is -2.43. The fourth-order valence-corrected chi connectivity index (χ4v) is 3.76. The summed E-state index contributed by atoms with van der Waals surface area (Å²) in [6, 6.07) is 8.70. The van der Waals surface area contributed by atoms with E-state index in [0.717, 1.165) is 11.3 Å². The highest BCUT2D eigenvalue weighted by Gasteiger charge is 2.40. The van der Waals surface area contributed by atoms with Crippen LogP contribution in [0.15, 0.2) is 30.3 Å². The molecule has 0 fully saturated rings. The first-order valence-corrected chi connectivity index (χ1v) is 12.3. The van der Waals surface area contributed by atoms with Crippen molar-refractivity contribution in [1.82, 2.24) is 4.57 Å². The van der Waals surface area contributed by atoms with E-state index in [1.165, 1.54) is 0 Å². The van der Waals surface area contributed by atoms with Gasteiger partial charge in [0.1, 0.15) is 0 Å². The Morgan fingerprint density at radius 2 is 1.70 bits per heavy atom. The second kappa shape index (κ2) is 7.64. The number of aryl methyl sites for hydroxylation is 1. The molecule has 6 heteroatoms. The highest BCUT2D eigenvalue weighted by molar-refractivity contribution is 6.75. The number of hydrogen-bond donors (Lipinski definition) is 0. The van der Waals surface area contributed by atoms with E-state index in [1.807, 2.05) is 20.0 Å². The summed E-state index contributed by atoms with van der Waals surface area (Å²) in [4.78, 5) is 25.4. The largest absolute Gasteiger partial charge is 0.519 e. The lowest BCUT2D eigenvalue weighted by Gasteiger charge is -2.35. The van der Waals surface area contributed by atoms with Crippen LogP contribution in [0, 0.1) is 6.92 Å². The molecule has 0 aliphatic heterocycles. The number of carbonyl (C=O) groups excluding carboxylic acids is 2. The third-order valence-electron chi connectivity index (χ3n) is 5.34. The standard InChI is InChI=1S/C21H28ClNO3Si/c1-14-12-17(13-18(24)26-27(6,7)21(2,3)4)23(5)19(14)20(25)15-8-10-16(22)11-9-15/h8-12H,13H2,1-7H3. The Bertz CT molecular complexity index is 861. The van der Waals surface area contributed by atoms with Gasteiger partial charge in [-0.3, -0.25) is 9.59 Å². The number of carbonyl (C=O) groups is 2. The van der Waals surface area contributed by atoms with Crippen LogP contribution < -0.4 is 0 Å². The number of ketones is 1. The minimum Gasteiger partial charge on any atom is -0.519 e. The molecule has 2 rings (SSSR count). The Morgan fingerprint density at radius 3 is 2.22 bits per heavy atom. The molecule has 0 atom stereocenters. The highest BCUT2D eigenvalue weighted by atomic mass is 35.5. The second-order valence-electron chi connectivity index (χ2n) is 8.47. The van der Waals surface area contributed by atoms with Crippen molar-refractivity contribution in [2.75, 3.05) is 0 Å². The molecular weight excluding hydrogens is 378 g/mol. The van der Waals surface area contributed by atoms with Gasteiger partial charge in [0.15, 0.2) is 0 Å². The predicted octanol–water partition coefficient (Wildman–Crippen LogP) is 5.31. The monoisotopic (exact) mass is 405 g/mol. The van der Waals surface area contributed by atoms with Crippen molar-refractivity contribution in [3.8, 4) is 0 Å². The lowest BCUT2D eigenvalue weighted by atomic mass is 10.1. The van der Waals surface area contributed by atoms with E-state index < -0.39 is 8.32 Å². The van der Waals surface area contributed by atoms with Crippen molar-refractivity contribution >= 4 is 31.7 Å². The number of benzene rings is 1. The van der Waals surface area contributed by atoms with Crippen LogP contribution >= 0.6 is 11.6 Å². The molecule has 0 radical (unpaired) electrons. The Kier molecular flexibility index (Phi) is 6.07. The van der Waals surface area contributed by atoms with E-state index in [0.29, 0.717) is 16.3 Å². The van der Waals surface area contributed by atoms with Crippen molar-refractivity contribution in [2.45, 2.75) is 52.2 Å². The molecule has 0 saturated heterocycles. The second-order valence-corrected chi connectivity index (χ2v) is 13.6. The summed E-state index contributed by atoms with van der Waals surface area (Å²) in [6.07, 6.45) is 0.151. The van der Waals surface area contributed by atoms with Crippen molar-refractivity contribution in [3.05, 3.63) is 57.9 Å². The van der Waals surface area contributed by atoms with Crippen LogP contribution in [0.4, 0.5) is 0 Å². The third-order valence-corrected chi connectivity index (χ3v) is 9.95. The Hall–Kier alpha value is -1.85. The summed E-state index contributed by atoms with van der Waals surface area (Å²) in [5.41, 5.74) is 2.76. The zero-order chi connectivity index (χ0) is 20.6. The first kappa shape index (κ1) is 21.4. The average Bonchev–Trinajstić information content (AvgIpc) is 2.79. The number of hydrogen-bond acceptors (Lipinski definition) is 3. The normalized spacial score (nSPS) is 12.1. The maximum absolute atomic E-state index is 12.9. The molecular formula is C21H28ClNO3Si.